The molecule has 0 bridgehead atoms. The van der Waals surface area contributed by atoms with Crippen LogP contribution in [0.15, 0.2) is 24.3 Å². The van der Waals surface area contributed by atoms with Crippen molar-refractivity contribution in [2.75, 3.05) is 26.2 Å². The van der Waals surface area contributed by atoms with Gasteiger partial charge in [-0.25, -0.2) is 4.79 Å². The van der Waals surface area contributed by atoms with Crippen LogP contribution in [0.4, 0.5) is 4.79 Å². The Bertz CT molecular complexity index is 420. The molecule has 3 N–H and O–H groups in total. The molecule has 5 heteroatoms. The number of amides is 2. The molecule has 1 aromatic rings. The van der Waals surface area contributed by atoms with Gasteiger partial charge in [0.2, 0.25) is 0 Å². The van der Waals surface area contributed by atoms with E-state index in [9.17, 15) is 4.79 Å². The number of nitrogens with zero attached hydrogens (tertiary/aromatic N) is 1. The van der Waals surface area contributed by atoms with Crippen LogP contribution in [0.25, 0.3) is 0 Å². The van der Waals surface area contributed by atoms with Crippen molar-refractivity contribution >= 4 is 6.03 Å². The number of nitrogens with two attached hydrogens (primary N) is 1. The molecule has 1 aromatic carbocycles. The molecule has 1 aliphatic heterocycles. The first-order valence-electron chi connectivity index (χ1n) is 6.18. The summed E-state index contributed by atoms with van der Waals surface area (Å²) in [4.78, 5) is 13.1. The Labute approximate surface area is 107 Å². The lowest BCUT2D eigenvalue weighted by molar-refractivity contribution is 0.202. The van der Waals surface area contributed by atoms with E-state index >= 15 is 0 Å². The molecule has 0 saturated carbocycles. The van der Waals surface area contributed by atoms with Gasteiger partial charge in [-0.05, 0) is 13.0 Å². The van der Waals surface area contributed by atoms with Crippen LogP contribution in [0.2, 0.25) is 0 Å². The Balaban J connectivity index is 1.88. The lowest BCUT2D eigenvalue weighted by Crippen LogP contribution is -2.32. The minimum absolute atomic E-state index is 0.0147. The molecule has 18 heavy (non-hydrogen) atoms. The molecule has 0 unspecified atom stereocenters. The zero-order chi connectivity index (χ0) is 13.0. The number of hydrogen-bond donors (Lipinski definition) is 2. The standard InChI is InChI=1S/C13H19N3O2/c1-10(14)11-4-2-3-5-12(11)18-9-8-16-7-6-15-13(16)17/h2-5,10H,6-9,14H2,1H3,(H,15,17)/t10-/m1/s1. The summed E-state index contributed by atoms with van der Waals surface area (Å²) < 4.78 is 5.71. The van der Waals surface area contributed by atoms with Crippen molar-refractivity contribution in [3.05, 3.63) is 29.8 Å². The molecule has 2 amide bonds. The highest BCUT2D eigenvalue weighted by molar-refractivity contribution is 5.76. The number of urea groups is 1. The van der Waals surface area contributed by atoms with Crippen LogP contribution in [0, 0.1) is 0 Å². The maximum absolute atomic E-state index is 11.3. The molecule has 2 rings (SSSR count). The second kappa shape index (κ2) is 5.73. The van der Waals surface area contributed by atoms with Crippen molar-refractivity contribution < 1.29 is 9.53 Å². The molecule has 0 spiro atoms. The van der Waals surface area contributed by atoms with Gasteiger partial charge in [0.05, 0.1) is 6.54 Å². The summed E-state index contributed by atoms with van der Waals surface area (Å²) in [5.41, 5.74) is 6.87. The third kappa shape index (κ3) is 2.92. The van der Waals surface area contributed by atoms with Crippen molar-refractivity contribution in [3.63, 3.8) is 0 Å². The van der Waals surface area contributed by atoms with E-state index in [1.165, 1.54) is 0 Å². The third-order valence-corrected chi connectivity index (χ3v) is 2.97. The van der Waals surface area contributed by atoms with E-state index in [1.807, 2.05) is 31.2 Å². The van der Waals surface area contributed by atoms with E-state index in [0.29, 0.717) is 13.2 Å². The number of carbonyl (C=O) groups is 1. The van der Waals surface area contributed by atoms with Crippen molar-refractivity contribution in [2.24, 2.45) is 5.73 Å². The molecule has 0 aliphatic carbocycles. The van der Waals surface area contributed by atoms with Crippen LogP contribution in [-0.2, 0) is 0 Å². The van der Waals surface area contributed by atoms with Crippen LogP contribution in [0.1, 0.15) is 18.5 Å². The molecular weight excluding hydrogens is 230 g/mol. The summed E-state index contributed by atoms with van der Waals surface area (Å²) in [6.07, 6.45) is 0. The average Bonchev–Trinajstić information content (AvgIpc) is 2.76. The minimum Gasteiger partial charge on any atom is -0.491 e. The molecule has 0 aromatic heterocycles. The molecule has 1 atom stereocenters. The highest BCUT2D eigenvalue weighted by atomic mass is 16.5. The van der Waals surface area contributed by atoms with E-state index < -0.39 is 0 Å². The van der Waals surface area contributed by atoms with E-state index in [0.717, 1.165) is 24.4 Å². The Hall–Kier alpha value is -1.75. The average molecular weight is 249 g/mol. The van der Waals surface area contributed by atoms with Crippen molar-refractivity contribution in [3.8, 4) is 5.75 Å². The van der Waals surface area contributed by atoms with Gasteiger partial charge in [0.25, 0.3) is 0 Å². The van der Waals surface area contributed by atoms with Gasteiger partial charge in [-0.3, -0.25) is 0 Å². The summed E-state index contributed by atoms with van der Waals surface area (Å²) >= 11 is 0. The number of benzene rings is 1. The molecule has 98 valence electrons. The summed E-state index contributed by atoms with van der Waals surface area (Å²) in [6.45, 7) is 4.47. The van der Waals surface area contributed by atoms with Gasteiger partial charge < -0.3 is 20.7 Å². The predicted molar refractivity (Wildman–Crippen MR) is 69.5 cm³/mol. The Morgan fingerprint density at radius 2 is 2.28 bits per heavy atom. The largest absolute Gasteiger partial charge is 0.491 e. The van der Waals surface area contributed by atoms with Gasteiger partial charge in [-0.15, -0.1) is 0 Å². The van der Waals surface area contributed by atoms with E-state index in [4.69, 9.17) is 10.5 Å². The van der Waals surface area contributed by atoms with Crippen molar-refractivity contribution in [2.45, 2.75) is 13.0 Å². The number of hydrogen-bond acceptors (Lipinski definition) is 3. The third-order valence-electron chi connectivity index (χ3n) is 2.97. The lowest BCUT2D eigenvalue weighted by Gasteiger charge is -2.17. The lowest BCUT2D eigenvalue weighted by atomic mass is 10.1. The first kappa shape index (κ1) is 12.7. The second-order valence-electron chi connectivity index (χ2n) is 4.39. The van der Waals surface area contributed by atoms with Crippen molar-refractivity contribution in [1.82, 2.24) is 10.2 Å². The molecule has 1 saturated heterocycles. The fraction of sp³-hybridized carbons (Fsp3) is 0.462. The summed E-state index contributed by atoms with van der Waals surface area (Å²) in [5.74, 6) is 0.798. The summed E-state index contributed by atoms with van der Waals surface area (Å²) in [7, 11) is 0. The van der Waals surface area contributed by atoms with Crippen LogP contribution in [0.3, 0.4) is 0 Å². The number of para-hydroxylation sites is 1. The Morgan fingerprint density at radius 1 is 1.50 bits per heavy atom. The predicted octanol–water partition coefficient (Wildman–Crippen LogP) is 1.11. The summed E-state index contributed by atoms with van der Waals surface area (Å²) in [6, 6.07) is 7.66. The first-order valence-corrected chi connectivity index (χ1v) is 6.18. The smallest absolute Gasteiger partial charge is 0.317 e. The SMILES string of the molecule is C[C@@H](N)c1ccccc1OCCN1CCNC1=O. The summed E-state index contributed by atoms with van der Waals surface area (Å²) in [5, 5.41) is 2.76. The van der Waals surface area contributed by atoms with Crippen LogP contribution in [0.5, 0.6) is 5.75 Å². The normalized spacial score (nSPS) is 16.6. The molecule has 1 aliphatic rings. The highest BCUT2D eigenvalue weighted by Crippen LogP contribution is 2.23. The maximum Gasteiger partial charge on any atom is 0.317 e. The van der Waals surface area contributed by atoms with Gasteiger partial charge in [-0.1, -0.05) is 18.2 Å². The Kier molecular flexibility index (Phi) is 4.04. The van der Waals surface area contributed by atoms with Crippen LogP contribution >= 0.6 is 0 Å². The number of nitrogens with one attached hydrogen (secondary N) is 1. The van der Waals surface area contributed by atoms with Gasteiger partial charge in [-0.2, -0.15) is 0 Å². The van der Waals surface area contributed by atoms with E-state index in [-0.39, 0.29) is 12.1 Å². The molecule has 0 radical (unpaired) electrons. The monoisotopic (exact) mass is 249 g/mol. The highest BCUT2D eigenvalue weighted by Gasteiger charge is 2.18. The number of rotatable bonds is 5. The van der Waals surface area contributed by atoms with Gasteiger partial charge in [0.1, 0.15) is 12.4 Å². The fourth-order valence-corrected chi connectivity index (χ4v) is 1.98. The van der Waals surface area contributed by atoms with Gasteiger partial charge in [0, 0.05) is 24.7 Å². The topological polar surface area (TPSA) is 67.6 Å². The Morgan fingerprint density at radius 3 is 2.94 bits per heavy atom. The number of ether oxygens (including phenoxy) is 1. The molecule has 5 nitrogen and oxygen atoms in total. The van der Waals surface area contributed by atoms with E-state index in [2.05, 4.69) is 5.32 Å². The van der Waals surface area contributed by atoms with Gasteiger partial charge >= 0.3 is 6.03 Å². The molecule has 1 heterocycles. The van der Waals surface area contributed by atoms with Crippen molar-refractivity contribution in [1.29, 1.82) is 0 Å². The quantitative estimate of drug-likeness (QED) is 0.821. The maximum atomic E-state index is 11.3. The second-order valence-corrected chi connectivity index (χ2v) is 4.39. The zero-order valence-corrected chi connectivity index (χ0v) is 10.6. The molecule has 1 fully saturated rings. The van der Waals surface area contributed by atoms with Crippen LogP contribution in [-0.4, -0.2) is 37.2 Å². The molecular formula is C13H19N3O2. The zero-order valence-electron chi connectivity index (χ0n) is 10.6. The first-order chi connectivity index (χ1) is 8.68. The fourth-order valence-electron chi connectivity index (χ4n) is 1.98. The van der Waals surface area contributed by atoms with Gasteiger partial charge in [0.15, 0.2) is 0 Å². The minimum atomic E-state index is -0.0590. The van der Waals surface area contributed by atoms with Crippen LogP contribution < -0.4 is 15.8 Å². The van der Waals surface area contributed by atoms with E-state index in [1.54, 1.807) is 4.90 Å². The number of carbonyl (C=O) groups excluding carboxylic acids is 1.